The molecule has 5 heteroatoms. The van der Waals surface area contributed by atoms with Crippen molar-refractivity contribution < 1.29 is 4.79 Å². The Balaban J connectivity index is 1.34. The van der Waals surface area contributed by atoms with Gasteiger partial charge in [-0.1, -0.05) is 29.8 Å². The van der Waals surface area contributed by atoms with Crippen LogP contribution in [-0.2, 0) is 0 Å². The minimum atomic E-state index is -0.0757. The monoisotopic (exact) mass is 378 g/mol. The van der Waals surface area contributed by atoms with Crippen LogP contribution in [-0.4, -0.2) is 40.2 Å². The van der Waals surface area contributed by atoms with E-state index in [1.165, 1.54) is 25.8 Å². The van der Waals surface area contributed by atoms with Crippen molar-refractivity contribution in [2.24, 2.45) is 5.92 Å². The van der Waals surface area contributed by atoms with Gasteiger partial charge in [-0.05, 0) is 57.1 Å². The van der Waals surface area contributed by atoms with Crippen molar-refractivity contribution in [3.05, 3.63) is 59.8 Å². The predicted octanol–water partition coefficient (Wildman–Crippen LogP) is 4.44. The summed E-state index contributed by atoms with van der Waals surface area (Å²) in [6.07, 6.45) is 12.4. The number of amides is 1. The van der Waals surface area contributed by atoms with E-state index in [-0.39, 0.29) is 5.91 Å². The Bertz CT molecular complexity index is 833. The summed E-state index contributed by atoms with van der Waals surface area (Å²) in [4.78, 5) is 15.2. The maximum absolute atomic E-state index is 12.6. The molecule has 2 aromatic rings. The second-order valence-corrected chi connectivity index (χ2v) is 8.17. The number of piperidine rings is 1. The summed E-state index contributed by atoms with van der Waals surface area (Å²) in [7, 11) is 0. The van der Waals surface area contributed by atoms with Gasteiger partial charge in [0.1, 0.15) is 5.82 Å². The molecular weight excluding hydrogens is 348 g/mol. The number of hydrogen-bond acceptors (Lipinski definition) is 3. The average molecular weight is 379 g/mol. The Morgan fingerprint density at radius 2 is 2.04 bits per heavy atom. The smallest absolute Gasteiger partial charge is 0.256 e. The van der Waals surface area contributed by atoms with Gasteiger partial charge < -0.3 is 10.2 Å². The number of anilines is 1. The molecule has 2 aliphatic rings. The fourth-order valence-corrected chi connectivity index (χ4v) is 4.41. The number of likely N-dealkylation sites (tertiary alicyclic amines) is 1. The summed E-state index contributed by atoms with van der Waals surface area (Å²) in [5.41, 5.74) is 1.77. The highest BCUT2D eigenvalue weighted by molar-refractivity contribution is 6.03. The number of allylic oxidation sites excluding steroid dienone is 2. The zero-order chi connectivity index (χ0) is 19.3. The van der Waals surface area contributed by atoms with Gasteiger partial charge in [0.05, 0.1) is 12.2 Å². The third-order valence-corrected chi connectivity index (χ3v) is 5.99. The summed E-state index contributed by atoms with van der Waals surface area (Å²) >= 11 is 0. The first-order chi connectivity index (χ1) is 13.7. The maximum atomic E-state index is 12.6. The van der Waals surface area contributed by atoms with Gasteiger partial charge in [-0.3, -0.25) is 4.79 Å². The molecular formula is C23H30N4O. The van der Waals surface area contributed by atoms with Gasteiger partial charge in [0.25, 0.3) is 5.91 Å². The van der Waals surface area contributed by atoms with E-state index in [2.05, 4.69) is 27.5 Å². The molecule has 5 nitrogen and oxygen atoms in total. The first-order valence-electron chi connectivity index (χ1n) is 10.5. The van der Waals surface area contributed by atoms with Gasteiger partial charge in [0.2, 0.25) is 0 Å². The normalized spacial score (nSPS) is 21.0. The topological polar surface area (TPSA) is 50.2 Å². The van der Waals surface area contributed by atoms with Gasteiger partial charge >= 0.3 is 0 Å². The quantitative estimate of drug-likeness (QED) is 0.783. The van der Waals surface area contributed by atoms with Crippen molar-refractivity contribution >= 4 is 11.7 Å². The van der Waals surface area contributed by atoms with E-state index in [0.717, 1.165) is 43.2 Å². The highest BCUT2D eigenvalue weighted by Crippen LogP contribution is 2.27. The number of hydrogen-bond donors (Lipinski definition) is 1. The van der Waals surface area contributed by atoms with E-state index in [1.807, 2.05) is 41.9 Å². The molecule has 1 aliphatic carbocycles. The molecule has 0 spiro atoms. The van der Waals surface area contributed by atoms with Crippen molar-refractivity contribution in [3.8, 4) is 0 Å². The largest absolute Gasteiger partial charge is 0.307 e. The number of nitrogens with zero attached hydrogens (tertiary/aromatic N) is 3. The first-order valence-corrected chi connectivity index (χ1v) is 10.5. The SMILES string of the molecule is Cc1cccc(C(=O)Nc2ccnn2C2CCN(CC3CC=CCC3)CC2)c1. The van der Waals surface area contributed by atoms with Crippen LogP contribution in [0.5, 0.6) is 0 Å². The summed E-state index contributed by atoms with van der Waals surface area (Å²) in [6, 6.07) is 9.92. The summed E-state index contributed by atoms with van der Waals surface area (Å²) < 4.78 is 2.01. The Labute approximate surface area is 167 Å². The molecule has 0 saturated carbocycles. The van der Waals surface area contributed by atoms with Crippen LogP contribution in [0.4, 0.5) is 5.82 Å². The van der Waals surface area contributed by atoms with Crippen molar-refractivity contribution in [3.63, 3.8) is 0 Å². The number of nitrogens with one attached hydrogen (secondary N) is 1. The molecule has 1 fully saturated rings. The van der Waals surface area contributed by atoms with E-state index in [1.54, 1.807) is 6.20 Å². The molecule has 1 aliphatic heterocycles. The second-order valence-electron chi connectivity index (χ2n) is 8.17. The van der Waals surface area contributed by atoms with Gasteiger partial charge in [-0.25, -0.2) is 4.68 Å². The van der Waals surface area contributed by atoms with E-state index in [0.29, 0.717) is 11.6 Å². The van der Waals surface area contributed by atoms with Crippen LogP contribution >= 0.6 is 0 Å². The van der Waals surface area contributed by atoms with Crippen molar-refractivity contribution in [2.75, 3.05) is 25.0 Å². The molecule has 1 saturated heterocycles. The Morgan fingerprint density at radius 1 is 1.18 bits per heavy atom. The zero-order valence-corrected chi connectivity index (χ0v) is 16.7. The minimum absolute atomic E-state index is 0.0757. The lowest BCUT2D eigenvalue weighted by molar-refractivity contribution is 0.102. The standard InChI is InChI=1S/C23H30N4O/c1-18-6-5-9-20(16-18)23(28)25-22-10-13-24-27(22)21-11-14-26(15-12-21)17-19-7-3-2-4-8-19/h2-3,5-6,9-10,13,16,19,21H,4,7-8,11-12,14-15,17H2,1H3,(H,25,28). The molecule has 0 bridgehead atoms. The Hall–Kier alpha value is -2.40. The van der Waals surface area contributed by atoms with Crippen LogP contribution < -0.4 is 5.32 Å². The third-order valence-electron chi connectivity index (χ3n) is 5.99. The number of rotatable bonds is 5. The summed E-state index contributed by atoms with van der Waals surface area (Å²) in [5, 5.41) is 7.57. The lowest BCUT2D eigenvalue weighted by Crippen LogP contribution is -2.38. The van der Waals surface area contributed by atoms with E-state index in [9.17, 15) is 4.79 Å². The highest BCUT2D eigenvalue weighted by Gasteiger charge is 2.25. The summed E-state index contributed by atoms with van der Waals surface area (Å²) in [6.45, 7) is 5.43. The molecule has 2 heterocycles. The third kappa shape index (κ3) is 4.53. The van der Waals surface area contributed by atoms with Gasteiger partial charge in [0, 0.05) is 31.3 Å². The fraction of sp³-hybridized carbons (Fsp3) is 0.478. The van der Waals surface area contributed by atoms with Gasteiger partial charge in [0.15, 0.2) is 0 Å². The number of benzene rings is 1. The zero-order valence-electron chi connectivity index (χ0n) is 16.7. The van der Waals surface area contributed by atoms with Crippen molar-refractivity contribution in [1.29, 1.82) is 0 Å². The van der Waals surface area contributed by atoms with Crippen LogP contribution in [0, 0.1) is 12.8 Å². The number of aromatic nitrogens is 2. The molecule has 4 rings (SSSR count). The highest BCUT2D eigenvalue weighted by atomic mass is 16.1. The lowest BCUT2D eigenvalue weighted by Gasteiger charge is -2.35. The fourth-order valence-electron chi connectivity index (χ4n) is 4.41. The molecule has 1 unspecified atom stereocenters. The second kappa shape index (κ2) is 8.74. The molecule has 148 valence electrons. The molecule has 28 heavy (non-hydrogen) atoms. The van der Waals surface area contributed by atoms with Crippen LogP contribution in [0.15, 0.2) is 48.7 Å². The molecule has 0 radical (unpaired) electrons. The maximum Gasteiger partial charge on any atom is 0.256 e. The molecule has 1 aromatic heterocycles. The van der Waals surface area contributed by atoms with E-state index >= 15 is 0 Å². The minimum Gasteiger partial charge on any atom is -0.307 e. The predicted molar refractivity (Wildman–Crippen MR) is 113 cm³/mol. The lowest BCUT2D eigenvalue weighted by atomic mass is 9.93. The molecule has 1 aromatic carbocycles. The summed E-state index contributed by atoms with van der Waals surface area (Å²) in [5.74, 6) is 1.53. The van der Waals surface area contributed by atoms with Crippen molar-refractivity contribution in [2.45, 2.75) is 45.1 Å². The van der Waals surface area contributed by atoms with Crippen LogP contribution in [0.25, 0.3) is 0 Å². The van der Waals surface area contributed by atoms with Gasteiger partial charge in [-0.2, -0.15) is 5.10 Å². The van der Waals surface area contributed by atoms with Gasteiger partial charge in [-0.15, -0.1) is 0 Å². The number of carbonyl (C=O) groups excluding carboxylic acids is 1. The Kier molecular flexibility index (Phi) is 5.91. The van der Waals surface area contributed by atoms with Crippen LogP contribution in [0.3, 0.4) is 0 Å². The number of aryl methyl sites for hydroxylation is 1. The number of carbonyl (C=O) groups is 1. The Morgan fingerprint density at radius 3 is 2.79 bits per heavy atom. The van der Waals surface area contributed by atoms with E-state index < -0.39 is 0 Å². The van der Waals surface area contributed by atoms with Crippen molar-refractivity contribution in [1.82, 2.24) is 14.7 Å². The molecule has 1 N–H and O–H groups in total. The van der Waals surface area contributed by atoms with E-state index in [4.69, 9.17) is 0 Å². The average Bonchev–Trinajstić information content (AvgIpc) is 3.17. The van der Waals surface area contributed by atoms with Crippen LogP contribution in [0.2, 0.25) is 0 Å². The van der Waals surface area contributed by atoms with Crippen LogP contribution in [0.1, 0.15) is 54.1 Å². The molecule has 1 amide bonds. The molecule has 1 atom stereocenters. The first kappa shape index (κ1) is 18.9.